The summed E-state index contributed by atoms with van der Waals surface area (Å²) in [5, 5.41) is 1.91. The van der Waals surface area contributed by atoms with Crippen LogP contribution in [0.25, 0.3) is 6.08 Å². The van der Waals surface area contributed by atoms with Gasteiger partial charge in [0.25, 0.3) is 5.24 Å². The number of hydrogen-bond acceptors (Lipinski definition) is 4. The van der Waals surface area contributed by atoms with Gasteiger partial charge in [0, 0.05) is 11.8 Å². The third-order valence-corrected chi connectivity index (χ3v) is 2.76. The number of benzene rings is 1. The van der Waals surface area contributed by atoms with E-state index in [4.69, 9.17) is 4.74 Å². The Morgan fingerprint density at radius 1 is 1.25 bits per heavy atom. The van der Waals surface area contributed by atoms with Gasteiger partial charge in [0.05, 0.1) is 12.8 Å². The van der Waals surface area contributed by atoms with Crippen molar-refractivity contribution in [1.29, 1.82) is 0 Å². The van der Waals surface area contributed by atoms with Crippen LogP contribution in [0.2, 0.25) is 0 Å². The lowest BCUT2D eigenvalue weighted by Crippen LogP contribution is -2.10. The Morgan fingerprint density at radius 2 is 1.94 bits per heavy atom. The van der Waals surface area contributed by atoms with Crippen LogP contribution in [0.15, 0.2) is 30.0 Å². The van der Waals surface area contributed by atoms with Gasteiger partial charge in [-0.05, 0) is 23.8 Å². The van der Waals surface area contributed by atoms with E-state index in [1.54, 1.807) is 25.3 Å². The molecule has 1 N–H and O–H groups in total. The van der Waals surface area contributed by atoms with Crippen molar-refractivity contribution in [1.82, 2.24) is 5.32 Å². The van der Waals surface area contributed by atoms with Crippen molar-refractivity contribution in [3.8, 4) is 5.75 Å². The van der Waals surface area contributed by atoms with Gasteiger partial charge in [-0.25, -0.2) is 0 Å². The van der Waals surface area contributed by atoms with E-state index < -0.39 is 0 Å². The molecular formula is C11H9NO3S. The second kappa shape index (κ2) is 4.40. The molecule has 1 fully saturated rings. The molecule has 16 heavy (non-hydrogen) atoms. The lowest BCUT2D eigenvalue weighted by atomic mass is 10.2. The van der Waals surface area contributed by atoms with Gasteiger partial charge in [-0.1, -0.05) is 12.1 Å². The van der Waals surface area contributed by atoms with Crippen LogP contribution in [0.1, 0.15) is 5.56 Å². The molecule has 2 rings (SSSR count). The maximum absolute atomic E-state index is 11.3. The molecule has 0 unspecified atom stereocenters. The van der Waals surface area contributed by atoms with E-state index in [-0.39, 0.29) is 10.4 Å². The molecule has 1 saturated heterocycles. The van der Waals surface area contributed by atoms with Crippen LogP contribution in [0, 0.1) is 0 Å². The highest BCUT2D eigenvalue weighted by molar-refractivity contribution is 8.27. The summed E-state index contributed by atoms with van der Waals surface area (Å²) < 4.78 is 5.02. The summed E-state index contributed by atoms with van der Waals surface area (Å²) in [5.74, 6) is 0.748. The standard InChI is InChI=1S/C11H9NO3S/c1-15-8-4-2-7(3-5-8)6-9-10(13)16-11(14)12-9/h2-6H,1H3,(H,12,14)/b9-6+. The monoisotopic (exact) mass is 235 g/mol. The smallest absolute Gasteiger partial charge is 0.291 e. The number of carbonyl (C=O) groups is 2. The molecule has 1 aromatic rings. The molecule has 0 aromatic heterocycles. The van der Waals surface area contributed by atoms with Gasteiger partial charge in [-0.3, -0.25) is 9.59 Å². The fourth-order valence-electron chi connectivity index (χ4n) is 1.29. The van der Waals surface area contributed by atoms with Gasteiger partial charge in [-0.15, -0.1) is 0 Å². The maximum Gasteiger partial charge on any atom is 0.291 e. The highest BCUT2D eigenvalue weighted by Crippen LogP contribution is 2.21. The van der Waals surface area contributed by atoms with Crippen molar-refractivity contribution in [2.24, 2.45) is 0 Å². The summed E-state index contributed by atoms with van der Waals surface area (Å²) in [6.07, 6.45) is 1.64. The normalized spacial score (nSPS) is 17.7. The summed E-state index contributed by atoms with van der Waals surface area (Å²) >= 11 is 0.674. The molecule has 1 heterocycles. The Bertz CT molecular complexity index is 465. The highest BCUT2D eigenvalue weighted by Gasteiger charge is 2.24. The number of nitrogens with one attached hydrogen (secondary N) is 1. The van der Waals surface area contributed by atoms with E-state index in [1.807, 2.05) is 12.1 Å². The third-order valence-electron chi connectivity index (χ3n) is 2.07. The van der Waals surface area contributed by atoms with E-state index >= 15 is 0 Å². The summed E-state index contributed by atoms with van der Waals surface area (Å²) in [7, 11) is 1.59. The van der Waals surface area contributed by atoms with E-state index in [2.05, 4.69) is 5.32 Å². The van der Waals surface area contributed by atoms with E-state index in [0.717, 1.165) is 11.3 Å². The molecule has 1 aliphatic heterocycles. The van der Waals surface area contributed by atoms with Gasteiger partial charge >= 0.3 is 0 Å². The first-order valence-corrected chi connectivity index (χ1v) is 5.39. The van der Waals surface area contributed by atoms with Crippen LogP contribution in [-0.4, -0.2) is 17.5 Å². The van der Waals surface area contributed by atoms with Gasteiger partial charge in [0.15, 0.2) is 0 Å². The highest BCUT2D eigenvalue weighted by atomic mass is 32.2. The Balaban J connectivity index is 2.22. The fraction of sp³-hybridized carbons (Fsp3) is 0.0909. The quantitative estimate of drug-likeness (QED) is 0.797. The van der Waals surface area contributed by atoms with E-state index in [0.29, 0.717) is 17.5 Å². The molecule has 82 valence electrons. The van der Waals surface area contributed by atoms with Crippen molar-refractivity contribution < 1.29 is 14.3 Å². The van der Waals surface area contributed by atoms with Crippen LogP contribution in [0.5, 0.6) is 5.75 Å². The molecule has 0 radical (unpaired) electrons. The molecule has 1 aromatic carbocycles. The average Bonchev–Trinajstić information content (AvgIpc) is 2.59. The first-order chi connectivity index (χ1) is 7.69. The Morgan fingerprint density at radius 3 is 2.44 bits per heavy atom. The Kier molecular flexibility index (Phi) is 2.96. The predicted octanol–water partition coefficient (Wildman–Crippen LogP) is 2.02. The lowest BCUT2D eigenvalue weighted by molar-refractivity contribution is -0.107. The predicted molar refractivity (Wildman–Crippen MR) is 62.1 cm³/mol. The summed E-state index contributed by atoms with van der Waals surface area (Å²) in [6, 6.07) is 7.21. The first kappa shape index (κ1) is 10.8. The molecule has 4 nitrogen and oxygen atoms in total. The minimum Gasteiger partial charge on any atom is -0.497 e. The van der Waals surface area contributed by atoms with Crippen LogP contribution in [0.3, 0.4) is 0 Å². The van der Waals surface area contributed by atoms with Crippen LogP contribution in [-0.2, 0) is 4.79 Å². The Labute approximate surface area is 96.7 Å². The molecule has 0 atom stereocenters. The zero-order chi connectivity index (χ0) is 11.5. The molecular weight excluding hydrogens is 226 g/mol. The first-order valence-electron chi connectivity index (χ1n) is 4.58. The molecule has 5 heteroatoms. The third kappa shape index (κ3) is 2.25. The van der Waals surface area contributed by atoms with Crippen LogP contribution < -0.4 is 10.1 Å². The minimum atomic E-state index is -0.329. The molecule has 0 spiro atoms. The Hall–Kier alpha value is -1.75. The van der Waals surface area contributed by atoms with E-state index in [1.165, 1.54) is 0 Å². The average molecular weight is 235 g/mol. The second-order valence-corrected chi connectivity index (χ2v) is 4.08. The SMILES string of the molecule is COc1ccc(/C=C2/NC(=O)SC2=O)cc1. The molecule has 0 aliphatic carbocycles. The summed E-state index contributed by atoms with van der Waals surface area (Å²) in [4.78, 5) is 22.2. The van der Waals surface area contributed by atoms with Crippen molar-refractivity contribution in [2.75, 3.05) is 7.11 Å². The number of amides is 1. The minimum absolute atomic E-state index is 0.249. The molecule has 1 aliphatic rings. The van der Waals surface area contributed by atoms with Crippen molar-refractivity contribution in [3.63, 3.8) is 0 Å². The number of rotatable bonds is 2. The van der Waals surface area contributed by atoms with Gasteiger partial charge in [0.1, 0.15) is 5.75 Å². The van der Waals surface area contributed by atoms with Gasteiger partial charge in [-0.2, -0.15) is 0 Å². The number of hydrogen-bond donors (Lipinski definition) is 1. The lowest BCUT2D eigenvalue weighted by Gasteiger charge is -2.00. The number of carbonyl (C=O) groups excluding carboxylic acids is 2. The summed E-state index contributed by atoms with van der Waals surface area (Å²) in [5.41, 5.74) is 1.16. The largest absolute Gasteiger partial charge is 0.497 e. The van der Waals surface area contributed by atoms with Gasteiger partial charge in [0.2, 0.25) is 5.12 Å². The molecule has 0 saturated carbocycles. The fourth-order valence-corrected chi connectivity index (χ4v) is 1.84. The van der Waals surface area contributed by atoms with Crippen molar-refractivity contribution >= 4 is 28.2 Å². The van der Waals surface area contributed by atoms with Crippen LogP contribution >= 0.6 is 11.8 Å². The number of methoxy groups -OCH3 is 1. The van der Waals surface area contributed by atoms with Gasteiger partial charge < -0.3 is 10.1 Å². The second-order valence-electron chi connectivity index (χ2n) is 3.13. The van der Waals surface area contributed by atoms with E-state index in [9.17, 15) is 9.59 Å². The van der Waals surface area contributed by atoms with Crippen molar-refractivity contribution in [3.05, 3.63) is 35.5 Å². The maximum atomic E-state index is 11.3. The summed E-state index contributed by atoms with van der Waals surface area (Å²) in [6.45, 7) is 0. The zero-order valence-electron chi connectivity index (χ0n) is 8.52. The number of thioether (sulfide) groups is 1. The van der Waals surface area contributed by atoms with Crippen LogP contribution in [0.4, 0.5) is 4.79 Å². The van der Waals surface area contributed by atoms with Crippen molar-refractivity contribution in [2.45, 2.75) is 0 Å². The number of ether oxygens (including phenoxy) is 1. The topological polar surface area (TPSA) is 55.4 Å². The molecule has 1 amide bonds. The molecule has 0 bridgehead atoms. The zero-order valence-corrected chi connectivity index (χ0v) is 9.34.